The highest BCUT2D eigenvalue weighted by Crippen LogP contribution is 2.39. The van der Waals surface area contributed by atoms with E-state index in [0.717, 1.165) is 21.5 Å². The summed E-state index contributed by atoms with van der Waals surface area (Å²) < 4.78 is 33.8. The minimum absolute atomic E-state index is 0.165. The Morgan fingerprint density at radius 3 is 2.61 bits per heavy atom. The van der Waals surface area contributed by atoms with Gasteiger partial charge in [0.2, 0.25) is 15.9 Å². The van der Waals surface area contributed by atoms with Gasteiger partial charge >= 0.3 is 0 Å². The Kier molecular flexibility index (Phi) is 8.41. The Morgan fingerprint density at radius 2 is 1.97 bits per heavy atom. The van der Waals surface area contributed by atoms with Crippen molar-refractivity contribution in [2.45, 2.75) is 43.7 Å². The zero-order valence-corrected chi connectivity index (χ0v) is 23.6. The smallest absolute Gasteiger partial charge is 0.289 e. The molecular formula is C26H28ClN3O6S2. The van der Waals surface area contributed by atoms with Crippen molar-refractivity contribution in [1.82, 2.24) is 9.21 Å². The van der Waals surface area contributed by atoms with E-state index >= 15 is 0 Å². The monoisotopic (exact) mass is 577 g/mol. The van der Waals surface area contributed by atoms with E-state index in [9.17, 15) is 23.3 Å². The number of carbonyl (C=O) groups excluding carboxylic acids is 1. The summed E-state index contributed by atoms with van der Waals surface area (Å²) in [5, 5.41) is 13.2. The third-order valence-electron chi connectivity index (χ3n) is 6.81. The summed E-state index contributed by atoms with van der Waals surface area (Å²) in [5.74, 6) is 0.342. The topological polar surface area (TPSA) is 110 Å². The molecule has 1 aliphatic heterocycles. The van der Waals surface area contributed by atoms with Gasteiger partial charge < -0.3 is 9.64 Å². The number of nitro groups is 1. The number of ether oxygens (including phenoxy) is 1. The molecule has 1 amide bonds. The molecule has 0 saturated carbocycles. The van der Waals surface area contributed by atoms with Crippen molar-refractivity contribution in [2.24, 2.45) is 0 Å². The quantitative estimate of drug-likeness (QED) is 0.253. The molecule has 0 radical (unpaired) electrons. The van der Waals surface area contributed by atoms with Crippen LogP contribution in [-0.2, 0) is 21.2 Å². The van der Waals surface area contributed by atoms with Crippen LogP contribution in [0, 0.1) is 10.1 Å². The molecule has 2 aromatic carbocycles. The first-order valence-electron chi connectivity index (χ1n) is 12.0. The van der Waals surface area contributed by atoms with Crippen molar-refractivity contribution < 1.29 is 22.9 Å². The molecule has 2 atom stereocenters. The lowest BCUT2D eigenvalue weighted by molar-refractivity contribution is -0.384. The number of amides is 1. The van der Waals surface area contributed by atoms with Gasteiger partial charge in [0.1, 0.15) is 10.8 Å². The molecule has 202 valence electrons. The summed E-state index contributed by atoms with van der Waals surface area (Å²) in [5.41, 5.74) is 1.40. The van der Waals surface area contributed by atoms with Crippen LogP contribution < -0.4 is 4.74 Å². The highest BCUT2D eigenvalue weighted by Gasteiger charge is 2.37. The number of halogens is 1. The zero-order valence-electron chi connectivity index (χ0n) is 21.2. The van der Waals surface area contributed by atoms with Crippen LogP contribution in [-0.4, -0.2) is 54.7 Å². The molecule has 9 nitrogen and oxygen atoms in total. The van der Waals surface area contributed by atoms with E-state index in [4.69, 9.17) is 16.3 Å². The lowest BCUT2D eigenvalue weighted by atomic mass is 9.93. The molecule has 4 rings (SSSR count). The molecule has 0 spiro atoms. The highest BCUT2D eigenvalue weighted by atomic mass is 35.5. The predicted molar refractivity (Wildman–Crippen MR) is 146 cm³/mol. The van der Waals surface area contributed by atoms with Gasteiger partial charge in [-0.3, -0.25) is 14.9 Å². The number of carbonyl (C=O) groups is 1. The van der Waals surface area contributed by atoms with Gasteiger partial charge in [0.15, 0.2) is 0 Å². The van der Waals surface area contributed by atoms with Gasteiger partial charge in [-0.1, -0.05) is 30.7 Å². The van der Waals surface area contributed by atoms with Crippen molar-refractivity contribution >= 4 is 44.6 Å². The first kappa shape index (κ1) is 28.0. The number of hydrogen-bond donors (Lipinski definition) is 0. The Labute approximate surface area is 230 Å². The molecule has 2 unspecified atom stereocenters. The average Bonchev–Trinajstić information content (AvgIpc) is 3.39. The first-order chi connectivity index (χ1) is 18.1. The van der Waals surface area contributed by atoms with Crippen LogP contribution in [0.3, 0.4) is 0 Å². The fourth-order valence-corrected chi connectivity index (χ4v) is 7.33. The number of nitrogens with zero attached hydrogens (tertiary/aromatic N) is 3. The normalized spacial score (nSPS) is 16.2. The molecule has 0 bridgehead atoms. The van der Waals surface area contributed by atoms with Gasteiger partial charge in [0.25, 0.3) is 5.69 Å². The van der Waals surface area contributed by atoms with Crippen molar-refractivity contribution in [1.29, 1.82) is 0 Å². The molecule has 0 N–H and O–H groups in total. The summed E-state index contributed by atoms with van der Waals surface area (Å²) in [6.07, 6.45) is 1.11. The molecule has 0 aliphatic carbocycles. The number of sulfonamides is 1. The summed E-state index contributed by atoms with van der Waals surface area (Å²) in [6, 6.07) is 11.9. The molecule has 38 heavy (non-hydrogen) atoms. The molecular weight excluding hydrogens is 550 g/mol. The molecule has 3 aromatic rings. The van der Waals surface area contributed by atoms with Gasteiger partial charge in [-0.2, -0.15) is 4.31 Å². The average molecular weight is 578 g/mol. The summed E-state index contributed by atoms with van der Waals surface area (Å²) in [6.45, 7) is 3.56. The molecule has 12 heteroatoms. The van der Waals surface area contributed by atoms with Crippen molar-refractivity contribution in [3.8, 4) is 5.75 Å². The van der Waals surface area contributed by atoms with Gasteiger partial charge in [-0.05, 0) is 66.6 Å². The summed E-state index contributed by atoms with van der Waals surface area (Å²) >= 11 is 7.54. The van der Waals surface area contributed by atoms with E-state index in [1.807, 2.05) is 42.6 Å². The third kappa shape index (κ3) is 5.42. The van der Waals surface area contributed by atoms with E-state index in [1.54, 1.807) is 30.3 Å². The van der Waals surface area contributed by atoms with Gasteiger partial charge in [0, 0.05) is 23.5 Å². The number of benzene rings is 2. The van der Waals surface area contributed by atoms with Gasteiger partial charge in [-0.15, -0.1) is 11.3 Å². The number of nitro benzene ring substituents is 1. The molecule has 0 fully saturated rings. The molecule has 0 saturated heterocycles. The van der Waals surface area contributed by atoms with Gasteiger partial charge in [-0.25, -0.2) is 8.42 Å². The van der Waals surface area contributed by atoms with E-state index in [1.165, 1.54) is 17.0 Å². The van der Waals surface area contributed by atoms with Crippen LogP contribution in [0.4, 0.5) is 5.69 Å². The number of rotatable bonds is 9. The Bertz CT molecular complexity index is 1440. The van der Waals surface area contributed by atoms with Crippen molar-refractivity contribution in [3.63, 3.8) is 0 Å². The largest absolute Gasteiger partial charge is 0.497 e. The second-order valence-corrected chi connectivity index (χ2v) is 12.3. The van der Waals surface area contributed by atoms with Crippen LogP contribution in [0.1, 0.15) is 42.3 Å². The minimum atomic E-state index is -4.25. The Morgan fingerprint density at radius 1 is 1.26 bits per heavy atom. The van der Waals surface area contributed by atoms with E-state index in [-0.39, 0.29) is 21.9 Å². The predicted octanol–water partition coefficient (Wildman–Crippen LogP) is 5.28. The van der Waals surface area contributed by atoms with Crippen molar-refractivity contribution in [3.05, 3.63) is 85.1 Å². The standard InChI is InChI=1S/C26H28ClN3O6S2/c1-4-17(2)29(38(34,35)20-9-10-22(27)23(15-20)30(32)33)16-25(31)28-13-11-24-21(12-14-37-24)26(28)18-5-7-19(36-3)8-6-18/h5-10,12,14-15,17,26H,4,11,13,16H2,1-3H3. The van der Waals surface area contributed by atoms with Crippen LogP contribution in [0.25, 0.3) is 0 Å². The van der Waals surface area contributed by atoms with Crippen molar-refractivity contribution in [2.75, 3.05) is 20.2 Å². The second-order valence-electron chi connectivity index (χ2n) is 8.99. The lowest BCUT2D eigenvalue weighted by Gasteiger charge is -2.38. The zero-order chi connectivity index (χ0) is 27.6. The van der Waals surface area contributed by atoms with E-state index < -0.39 is 33.2 Å². The summed E-state index contributed by atoms with van der Waals surface area (Å²) in [4.78, 5) is 27.1. The first-order valence-corrected chi connectivity index (χ1v) is 14.7. The van der Waals surface area contributed by atoms with Crippen LogP contribution >= 0.6 is 22.9 Å². The highest BCUT2D eigenvalue weighted by molar-refractivity contribution is 7.89. The molecule has 2 heterocycles. The SMILES string of the molecule is CCC(C)N(CC(=O)N1CCc2sccc2C1c1ccc(OC)cc1)S(=O)(=O)c1ccc(Cl)c([N+](=O)[O-])c1. The fourth-order valence-electron chi connectivity index (χ4n) is 4.56. The maximum Gasteiger partial charge on any atom is 0.289 e. The van der Waals surface area contributed by atoms with Crippen LogP contribution in [0.2, 0.25) is 5.02 Å². The number of fused-ring (bicyclic) bond motifs is 1. The maximum atomic E-state index is 13.8. The summed E-state index contributed by atoms with van der Waals surface area (Å²) in [7, 11) is -2.67. The number of thiophene rings is 1. The van der Waals surface area contributed by atoms with E-state index in [0.29, 0.717) is 25.1 Å². The number of hydrogen-bond acceptors (Lipinski definition) is 7. The molecule has 1 aliphatic rings. The van der Waals surface area contributed by atoms with Crippen LogP contribution in [0.5, 0.6) is 5.75 Å². The fraction of sp³-hybridized carbons (Fsp3) is 0.346. The number of methoxy groups -OCH3 is 1. The van der Waals surface area contributed by atoms with Crippen LogP contribution in [0.15, 0.2) is 58.8 Å². The third-order valence-corrected chi connectivity index (χ3v) is 10.1. The van der Waals surface area contributed by atoms with E-state index in [2.05, 4.69) is 0 Å². The van der Waals surface area contributed by atoms with Gasteiger partial charge in [0.05, 0.1) is 29.5 Å². The minimum Gasteiger partial charge on any atom is -0.497 e. The lowest BCUT2D eigenvalue weighted by Crippen LogP contribution is -2.49. The second kappa shape index (κ2) is 11.4. The Hall–Kier alpha value is -2.99. The Balaban J connectivity index is 1.70. The molecule has 1 aromatic heterocycles. The maximum absolute atomic E-state index is 13.8.